The standard InChI is InChI=1S/C17H28N2/c1-4-12-18-13-17(2,14-19(3)16-10-11-16)15-8-6-5-7-9-15/h5-9,16,18H,4,10-14H2,1-3H3. The fourth-order valence-electron chi connectivity index (χ4n) is 2.83. The predicted octanol–water partition coefficient (Wildman–Crippen LogP) is 3.04. The van der Waals surface area contributed by atoms with Crippen LogP contribution >= 0.6 is 0 Å². The van der Waals surface area contributed by atoms with Gasteiger partial charge >= 0.3 is 0 Å². The minimum absolute atomic E-state index is 0.202. The van der Waals surface area contributed by atoms with E-state index >= 15 is 0 Å². The minimum Gasteiger partial charge on any atom is -0.316 e. The third-order valence-electron chi connectivity index (χ3n) is 4.18. The molecular weight excluding hydrogens is 232 g/mol. The lowest BCUT2D eigenvalue weighted by Crippen LogP contribution is -2.45. The Balaban J connectivity index is 2.06. The summed E-state index contributed by atoms with van der Waals surface area (Å²) in [5, 5.41) is 3.61. The molecule has 1 N–H and O–H groups in total. The molecule has 1 saturated carbocycles. The summed E-state index contributed by atoms with van der Waals surface area (Å²) in [6.45, 7) is 7.92. The van der Waals surface area contributed by atoms with E-state index < -0.39 is 0 Å². The maximum atomic E-state index is 3.61. The van der Waals surface area contributed by atoms with E-state index in [0.29, 0.717) is 0 Å². The van der Waals surface area contributed by atoms with Gasteiger partial charge in [0.05, 0.1) is 0 Å². The van der Waals surface area contributed by atoms with Crippen molar-refractivity contribution in [1.29, 1.82) is 0 Å². The van der Waals surface area contributed by atoms with Gasteiger partial charge in [-0.05, 0) is 38.4 Å². The second-order valence-electron chi connectivity index (χ2n) is 6.25. The first-order chi connectivity index (χ1) is 9.15. The zero-order valence-electron chi connectivity index (χ0n) is 12.7. The first-order valence-electron chi connectivity index (χ1n) is 7.62. The molecule has 1 aromatic rings. The Bertz CT molecular complexity index is 372. The molecule has 0 heterocycles. The van der Waals surface area contributed by atoms with Gasteiger partial charge in [-0.25, -0.2) is 0 Å². The average Bonchev–Trinajstić information content (AvgIpc) is 3.24. The summed E-state index contributed by atoms with van der Waals surface area (Å²) in [6.07, 6.45) is 3.96. The van der Waals surface area contributed by atoms with Crippen LogP contribution in [0, 0.1) is 0 Å². The number of benzene rings is 1. The van der Waals surface area contributed by atoms with Gasteiger partial charge in [0.15, 0.2) is 0 Å². The Hall–Kier alpha value is -0.860. The van der Waals surface area contributed by atoms with Crippen LogP contribution in [0.4, 0.5) is 0 Å². The third kappa shape index (κ3) is 4.05. The third-order valence-corrected chi connectivity index (χ3v) is 4.18. The van der Waals surface area contributed by atoms with Crippen LogP contribution in [0.3, 0.4) is 0 Å². The molecule has 2 nitrogen and oxygen atoms in total. The minimum atomic E-state index is 0.202. The molecule has 1 unspecified atom stereocenters. The van der Waals surface area contributed by atoms with Crippen LogP contribution in [-0.4, -0.2) is 37.6 Å². The molecule has 1 aromatic carbocycles. The first-order valence-corrected chi connectivity index (χ1v) is 7.62. The van der Waals surface area contributed by atoms with Crippen molar-refractivity contribution in [1.82, 2.24) is 10.2 Å². The Kier molecular flexibility index (Phi) is 5.00. The molecule has 1 fully saturated rings. The average molecular weight is 260 g/mol. The van der Waals surface area contributed by atoms with Crippen molar-refractivity contribution in [3.05, 3.63) is 35.9 Å². The van der Waals surface area contributed by atoms with Crippen LogP contribution in [0.1, 0.15) is 38.7 Å². The molecular formula is C17H28N2. The monoisotopic (exact) mass is 260 g/mol. The Morgan fingerprint density at radius 2 is 1.95 bits per heavy atom. The number of hydrogen-bond donors (Lipinski definition) is 1. The molecule has 1 atom stereocenters. The van der Waals surface area contributed by atoms with E-state index in [1.807, 2.05) is 0 Å². The van der Waals surface area contributed by atoms with E-state index in [1.165, 1.54) is 24.8 Å². The summed E-state index contributed by atoms with van der Waals surface area (Å²) in [6, 6.07) is 11.8. The van der Waals surface area contributed by atoms with Crippen molar-refractivity contribution >= 4 is 0 Å². The Morgan fingerprint density at radius 1 is 1.26 bits per heavy atom. The SMILES string of the molecule is CCCNCC(C)(CN(C)C1CC1)c1ccccc1. The summed E-state index contributed by atoms with van der Waals surface area (Å²) in [4.78, 5) is 2.54. The number of hydrogen-bond acceptors (Lipinski definition) is 2. The van der Waals surface area contributed by atoms with Gasteiger partial charge in [0.1, 0.15) is 0 Å². The largest absolute Gasteiger partial charge is 0.316 e. The molecule has 0 spiro atoms. The van der Waals surface area contributed by atoms with Crippen molar-refractivity contribution < 1.29 is 0 Å². The lowest BCUT2D eigenvalue weighted by atomic mass is 9.81. The molecule has 2 heteroatoms. The van der Waals surface area contributed by atoms with Gasteiger partial charge in [-0.15, -0.1) is 0 Å². The van der Waals surface area contributed by atoms with E-state index in [2.05, 4.69) is 61.4 Å². The summed E-state index contributed by atoms with van der Waals surface area (Å²) in [5.74, 6) is 0. The van der Waals surface area contributed by atoms with Gasteiger partial charge in [-0.3, -0.25) is 0 Å². The predicted molar refractivity (Wildman–Crippen MR) is 82.6 cm³/mol. The summed E-state index contributed by atoms with van der Waals surface area (Å²) in [7, 11) is 2.28. The van der Waals surface area contributed by atoms with Crippen LogP contribution in [0.15, 0.2) is 30.3 Å². The van der Waals surface area contributed by atoms with E-state index in [4.69, 9.17) is 0 Å². The van der Waals surface area contributed by atoms with Gasteiger partial charge in [-0.2, -0.15) is 0 Å². The maximum Gasteiger partial charge on any atom is 0.0177 e. The van der Waals surface area contributed by atoms with Crippen molar-refractivity contribution in [3.63, 3.8) is 0 Å². The molecule has 0 saturated heterocycles. The van der Waals surface area contributed by atoms with Gasteiger partial charge in [0, 0.05) is 24.5 Å². The fourth-order valence-corrected chi connectivity index (χ4v) is 2.83. The zero-order chi connectivity index (χ0) is 13.7. The number of nitrogens with one attached hydrogen (secondary N) is 1. The molecule has 19 heavy (non-hydrogen) atoms. The molecule has 106 valence electrons. The number of nitrogens with zero attached hydrogens (tertiary/aromatic N) is 1. The lowest BCUT2D eigenvalue weighted by Gasteiger charge is -2.35. The van der Waals surface area contributed by atoms with Gasteiger partial charge in [0.25, 0.3) is 0 Å². The topological polar surface area (TPSA) is 15.3 Å². The normalized spacial score (nSPS) is 18.5. The van der Waals surface area contributed by atoms with Crippen LogP contribution in [0.25, 0.3) is 0 Å². The summed E-state index contributed by atoms with van der Waals surface area (Å²) >= 11 is 0. The van der Waals surface area contributed by atoms with Gasteiger partial charge in [-0.1, -0.05) is 44.2 Å². The van der Waals surface area contributed by atoms with Gasteiger partial charge in [0.2, 0.25) is 0 Å². The molecule has 0 aromatic heterocycles. The second-order valence-corrected chi connectivity index (χ2v) is 6.25. The highest BCUT2D eigenvalue weighted by Gasteiger charge is 2.33. The molecule has 0 amide bonds. The highest BCUT2D eigenvalue weighted by molar-refractivity contribution is 5.25. The Morgan fingerprint density at radius 3 is 2.53 bits per heavy atom. The van der Waals surface area contributed by atoms with E-state index in [0.717, 1.165) is 25.7 Å². The van der Waals surface area contributed by atoms with Gasteiger partial charge < -0.3 is 10.2 Å². The van der Waals surface area contributed by atoms with Crippen molar-refractivity contribution in [3.8, 4) is 0 Å². The highest BCUT2D eigenvalue weighted by atomic mass is 15.2. The molecule has 0 radical (unpaired) electrons. The number of rotatable bonds is 8. The summed E-state index contributed by atoms with van der Waals surface area (Å²) in [5.41, 5.74) is 1.65. The van der Waals surface area contributed by atoms with E-state index in [9.17, 15) is 0 Å². The van der Waals surface area contributed by atoms with Crippen LogP contribution < -0.4 is 5.32 Å². The molecule has 1 aliphatic carbocycles. The van der Waals surface area contributed by atoms with E-state index in [-0.39, 0.29) is 5.41 Å². The zero-order valence-corrected chi connectivity index (χ0v) is 12.7. The maximum absolute atomic E-state index is 3.61. The summed E-state index contributed by atoms with van der Waals surface area (Å²) < 4.78 is 0. The van der Waals surface area contributed by atoms with Crippen molar-refractivity contribution in [2.24, 2.45) is 0 Å². The Labute approximate surface area is 118 Å². The molecule has 0 bridgehead atoms. The highest BCUT2D eigenvalue weighted by Crippen LogP contribution is 2.30. The van der Waals surface area contributed by atoms with Crippen LogP contribution in [-0.2, 0) is 5.41 Å². The fraction of sp³-hybridized carbons (Fsp3) is 0.647. The second kappa shape index (κ2) is 6.53. The smallest absolute Gasteiger partial charge is 0.0177 e. The lowest BCUT2D eigenvalue weighted by molar-refractivity contribution is 0.242. The van der Waals surface area contributed by atoms with Crippen LogP contribution in [0.5, 0.6) is 0 Å². The molecule has 0 aliphatic heterocycles. The number of likely N-dealkylation sites (N-methyl/N-ethyl adjacent to an activating group) is 1. The van der Waals surface area contributed by atoms with Crippen LogP contribution in [0.2, 0.25) is 0 Å². The molecule has 1 aliphatic rings. The van der Waals surface area contributed by atoms with E-state index in [1.54, 1.807) is 0 Å². The molecule has 2 rings (SSSR count). The van der Waals surface area contributed by atoms with Crippen molar-refractivity contribution in [2.45, 2.75) is 44.6 Å². The first kappa shape index (κ1) is 14.5. The quantitative estimate of drug-likeness (QED) is 0.723. The van der Waals surface area contributed by atoms with Crippen molar-refractivity contribution in [2.75, 3.05) is 26.7 Å².